The molecule has 4 nitrogen and oxygen atoms in total. The second kappa shape index (κ2) is 4.64. The largest absolute Gasteiger partial charge is 0.316 e. The third kappa shape index (κ3) is 2.06. The first-order valence-electron chi connectivity index (χ1n) is 5.75. The molecule has 1 fully saturated rings. The molecule has 6 heteroatoms. The van der Waals surface area contributed by atoms with Gasteiger partial charge in [0.1, 0.15) is 5.82 Å². The Hall–Kier alpha value is -0.910. The second-order valence-corrected chi connectivity index (χ2v) is 5.69. The van der Waals surface area contributed by atoms with Crippen molar-refractivity contribution in [1.82, 2.24) is 15.3 Å². The van der Waals surface area contributed by atoms with Crippen molar-refractivity contribution in [3.63, 3.8) is 0 Å². The normalized spacial score (nSPS) is 19.6. The van der Waals surface area contributed by atoms with Gasteiger partial charge in [-0.15, -0.1) is 0 Å². The predicted molar refractivity (Wildman–Crippen MR) is 75.3 cm³/mol. The van der Waals surface area contributed by atoms with E-state index in [1.54, 1.807) is 12.1 Å². The fourth-order valence-electron chi connectivity index (χ4n) is 2.23. The average molecular weight is 329 g/mol. The van der Waals surface area contributed by atoms with E-state index >= 15 is 0 Å². The number of nitrogens with zero attached hydrogens (tertiary/aromatic N) is 1. The van der Waals surface area contributed by atoms with Crippen LogP contribution in [0.2, 0.25) is 5.02 Å². The van der Waals surface area contributed by atoms with E-state index in [4.69, 9.17) is 11.6 Å². The Morgan fingerprint density at radius 1 is 1.44 bits per heavy atom. The fourth-order valence-corrected chi connectivity index (χ4v) is 2.73. The molecule has 2 aromatic rings. The van der Waals surface area contributed by atoms with Gasteiger partial charge in [0.05, 0.1) is 15.9 Å². The maximum absolute atomic E-state index is 12.0. The summed E-state index contributed by atoms with van der Waals surface area (Å²) >= 11 is 9.35. The minimum Gasteiger partial charge on any atom is -0.316 e. The number of aromatic nitrogens is 2. The van der Waals surface area contributed by atoms with Crippen molar-refractivity contribution in [3.05, 3.63) is 37.8 Å². The minimum atomic E-state index is -0.112. The van der Waals surface area contributed by atoms with Crippen LogP contribution in [0.1, 0.15) is 18.2 Å². The Morgan fingerprint density at radius 2 is 2.28 bits per heavy atom. The van der Waals surface area contributed by atoms with E-state index in [0.717, 1.165) is 25.3 Å². The zero-order chi connectivity index (χ0) is 12.7. The van der Waals surface area contributed by atoms with Crippen LogP contribution < -0.4 is 10.9 Å². The van der Waals surface area contributed by atoms with Crippen LogP contribution in [-0.2, 0) is 0 Å². The maximum atomic E-state index is 12.0. The minimum absolute atomic E-state index is 0.112. The van der Waals surface area contributed by atoms with E-state index in [2.05, 4.69) is 31.2 Å². The Balaban J connectivity index is 2.20. The summed E-state index contributed by atoms with van der Waals surface area (Å²) in [5, 5.41) is 4.39. The van der Waals surface area contributed by atoms with Crippen LogP contribution in [0.4, 0.5) is 0 Å². The van der Waals surface area contributed by atoms with E-state index in [1.165, 1.54) is 0 Å². The molecule has 0 amide bonds. The van der Waals surface area contributed by atoms with Crippen LogP contribution >= 0.6 is 27.5 Å². The zero-order valence-electron chi connectivity index (χ0n) is 9.46. The van der Waals surface area contributed by atoms with Crippen molar-refractivity contribution in [3.8, 4) is 0 Å². The number of hydrogen-bond donors (Lipinski definition) is 2. The van der Waals surface area contributed by atoms with Gasteiger partial charge in [-0.1, -0.05) is 11.6 Å². The molecule has 2 N–H and O–H groups in total. The molecule has 0 aliphatic carbocycles. The monoisotopic (exact) mass is 327 g/mol. The van der Waals surface area contributed by atoms with Crippen LogP contribution in [0.3, 0.4) is 0 Å². The highest BCUT2D eigenvalue weighted by molar-refractivity contribution is 9.10. The summed E-state index contributed by atoms with van der Waals surface area (Å²) in [6, 6.07) is 3.43. The highest BCUT2D eigenvalue weighted by Crippen LogP contribution is 2.27. The van der Waals surface area contributed by atoms with Crippen LogP contribution in [0.15, 0.2) is 21.4 Å². The first-order chi connectivity index (χ1) is 8.65. The second-order valence-electron chi connectivity index (χ2n) is 4.42. The van der Waals surface area contributed by atoms with Gasteiger partial charge in [0.2, 0.25) is 0 Å². The number of H-pyrrole nitrogens is 1. The average Bonchev–Trinajstić information content (AvgIpc) is 2.85. The third-order valence-electron chi connectivity index (χ3n) is 3.21. The summed E-state index contributed by atoms with van der Waals surface area (Å²) in [6.07, 6.45) is 0.999. The molecule has 18 heavy (non-hydrogen) atoms. The van der Waals surface area contributed by atoms with Gasteiger partial charge < -0.3 is 10.3 Å². The Bertz CT molecular complexity index is 664. The van der Waals surface area contributed by atoms with E-state index < -0.39 is 0 Å². The van der Waals surface area contributed by atoms with E-state index in [1.807, 2.05) is 0 Å². The number of halogens is 2. The molecular weight excluding hydrogens is 318 g/mol. The summed E-state index contributed by atoms with van der Waals surface area (Å²) in [5.41, 5.74) is 0.535. The number of benzene rings is 1. The molecule has 1 saturated heterocycles. The summed E-state index contributed by atoms with van der Waals surface area (Å²) in [7, 11) is 0. The maximum Gasteiger partial charge on any atom is 0.258 e. The van der Waals surface area contributed by atoms with Gasteiger partial charge in [-0.25, -0.2) is 4.98 Å². The lowest BCUT2D eigenvalue weighted by Crippen LogP contribution is -2.16. The quantitative estimate of drug-likeness (QED) is 0.845. The Labute approximate surface area is 117 Å². The first kappa shape index (κ1) is 12.1. The lowest BCUT2D eigenvalue weighted by molar-refractivity contribution is 0.703. The molecule has 0 radical (unpaired) electrons. The van der Waals surface area contributed by atoms with Gasteiger partial charge >= 0.3 is 0 Å². The van der Waals surface area contributed by atoms with Gasteiger partial charge in [0.15, 0.2) is 0 Å². The smallest absolute Gasteiger partial charge is 0.258 e. The molecule has 1 aliphatic heterocycles. The van der Waals surface area contributed by atoms with Crippen molar-refractivity contribution in [2.75, 3.05) is 13.1 Å². The van der Waals surface area contributed by atoms with Gasteiger partial charge in [-0.05, 0) is 41.0 Å². The van der Waals surface area contributed by atoms with Crippen molar-refractivity contribution in [2.24, 2.45) is 0 Å². The van der Waals surface area contributed by atoms with Gasteiger partial charge in [-0.2, -0.15) is 0 Å². The molecule has 2 heterocycles. The number of aromatic amines is 1. The topological polar surface area (TPSA) is 57.8 Å². The highest BCUT2D eigenvalue weighted by atomic mass is 79.9. The number of fused-ring (bicyclic) bond motifs is 1. The summed E-state index contributed by atoms with van der Waals surface area (Å²) in [5.74, 6) is 1.03. The van der Waals surface area contributed by atoms with Crippen molar-refractivity contribution in [1.29, 1.82) is 0 Å². The lowest BCUT2D eigenvalue weighted by atomic mass is 10.1. The van der Waals surface area contributed by atoms with Crippen LogP contribution in [-0.4, -0.2) is 23.1 Å². The molecule has 1 aromatic heterocycles. The van der Waals surface area contributed by atoms with Crippen LogP contribution in [0.25, 0.3) is 10.9 Å². The SMILES string of the molecule is O=c1[nH]c(C2CCNC2)nc2cc(Cl)c(Br)cc12. The molecule has 1 unspecified atom stereocenters. The van der Waals surface area contributed by atoms with Crippen LogP contribution in [0.5, 0.6) is 0 Å². The number of rotatable bonds is 1. The molecule has 1 aromatic carbocycles. The van der Waals surface area contributed by atoms with E-state index in [-0.39, 0.29) is 11.5 Å². The molecule has 94 valence electrons. The zero-order valence-corrected chi connectivity index (χ0v) is 11.8. The molecule has 3 rings (SSSR count). The standard InChI is InChI=1S/C12H11BrClN3O/c13-8-3-7-10(4-9(8)14)16-11(17-12(7)18)6-1-2-15-5-6/h3-4,6,15H,1-2,5H2,(H,16,17,18). The molecular formula is C12H11BrClN3O. The van der Waals surface area contributed by atoms with Crippen LogP contribution in [0, 0.1) is 0 Å². The highest BCUT2D eigenvalue weighted by Gasteiger charge is 2.20. The summed E-state index contributed by atoms with van der Waals surface area (Å²) in [6.45, 7) is 1.83. The molecule has 0 spiro atoms. The van der Waals surface area contributed by atoms with Crippen molar-refractivity contribution >= 4 is 38.4 Å². The predicted octanol–water partition coefficient (Wildman–Crippen LogP) is 2.42. The van der Waals surface area contributed by atoms with Crippen molar-refractivity contribution < 1.29 is 0 Å². The number of nitrogens with one attached hydrogen (secondary N) is 2. The molecule has 0 saturated carbocycles. The molecule has 1 atom stereocenters. The van der Waals surface area contributed by atoms with Gasteiger partial charge in [-0.3, -0.25) is 4.79 Å². The van der Waals surface area contributed by atoms with E-state index in [9.17, 15) is 4.79 Å². The third-order valence-corrected chi connectivity index (χ3v) is 4.41. The molecule has 0 bridgehead atoms. The summed E-state index contributed by atoms with van der Waals surface area (Å²) in [4.78, 5) is 19.4. The van der Waals surface area contributed by atoms with Crippen molar-refractivity contribution in [2.45, 2.75) is 12.3 Å². The molecule has 1 aliphatic rings. The van der Waals surface area contributed by atoms with E-state index in [0.29, 0.717) is 20.4 Å². The first-order valence-corrected chi connectivity index (χ1v) is 6.92. The van der Waals surface area contributed by atoms with Gasteiger partial charge in [0.25, 0.3) is 5.56 Å². The number of hydrogen-bond acceptors (Lipinski definition) is 3. The Morgan fingerprint density at radius 3 is 3.00 bits per heavy atom. The lowest BCUT2D eigenvalue weighted by Gasteiger charge is -2.09. The fraction of sp³-hybridized carbons (Fsp3) is 0.333. The summed E-state index contributed by atoms with van der Waals surface area (Å²) < 4.78 is 0.708. The van der Waals surface area contributed by atoms with Gasteiger partial charge in [0, 0.05) is 16.9 Å². The Kier molecular flexibility index (Phi) is 3.13.